The van der Waals surface area contributed by atoms with E-state index in [9.17, 15) is 0 Å². The van der Waals surface area contributed by atoms with E-state index in [1.54, 1.807) is 7.11 Å². The highest BCUT2D eigenvalue weighted by Gasteiger charge is 2.25. The van der Waals surface area contributed by atoms with E-state index >= 15 is 0 Å². The summed E-state index contributed by atoms with van der Waals surface area (Å²) >= 11 is 0. The Labute approximate surface area is 113 Å². The summed E-state index contributed by atoms with van der Waals surface area (Å²) in [5.41, 5.74) is 5.87. The molecule has 19 heavy (non-hydrogen) atoms. The predicted octanol–water partition coefficient (Wildman–Crippen LogP) is 2.17. The van der Waals surface area contributed by atoms with E-state index in [1.807, 2.05) is 18.3 Å². The van der Waals surface area contributed by atoms with Gasteiger partial charge in [-0.25, -0.2) is 4.98 Å². The van der Waals surface area contributed by atoms with Gasteiger partial charge in [-0.05, 0) is 36.4 Å². The van der Waals surface area contributed by atoms with Gasteiger partial charge in [0, 0.05) is 30.7 Å². The molecule has 4 nitrogen and oxygen atoms in total. The summed E-state index contributed by atoms with van der Waals surface area (Å²) in [6.45, 7) is 1.72. The van der Waals surface area contributed by atoms with Crippen LogP contribution < -0.4 is 15.4 Å². The molecular formula is C15H19N3O. The zero-order valence-electron chi connectivity index (χ0n) is 11.2. The third-order valence-electron chi connectivity index (χ3n) is 3.87. The van der Waals surface area contributed by atoms with Crippen molar-refractivity contribution in [3.8, 4) is 5.75 Å². The van der Waals surface area contributed by atoms with Crippen molar-refractivity contribution in [1.82, 2.24) is 4.98 Å². The number of rotatable bonds is 3. The second-order valence-electron chi connectivity index (χ2n) is 4.95. The fraction of sp³-hybridized carbons (Fsp3) is 0.400. The first-order chi connectivity index (χ1) is 9.33. The maximum Gasteiger partial charge on any atom is 0.136 e. The molecule has 1 saturated heterocycles. The maximum atomic E-state index is 5.87. The van der Waals surface area contributed by atoms with Crippen molar-refractivity contribution in [1.29, 1.82) is 0 Å². The zero-order chi connectivity index (χ0) is 13.2. The van der Waals surface area contributed by atoms with Gasteiger partial charge >= 0.3 is 0 Å². The SMILES string of the molecule is COc1ccc2ccnc(N3CCCC3CN)c2c1. The van der Waals surface area contributed by atoms with Crippen LogP contribution in [-0.4, -0.2) is 31.2 Å². The van der Waals surface area contributed by atoms with Gasteiger partial charge in [0.05, 0.1) is 7.11 Å². The Hall–Kier alpha value is -1.81. The van der Waals surface area contributed by atoms with Crippen LogP contribution in [0.1, 0.15) is 12.8 Å². The molecule has 1 aliphatic heterocycles. The third kappa shape index (κ3) is 2.12. The monoisotopic (exact) mass is 257 g/mol. The van der Waals surface area contributed by atoms with Crippen LogP contribution in [0.4, 0.5) is 5.82 Å². The Morgan fingerprint density at radius 3 is 3.11 bits per heavy atom. The number of pyridine rings is 1. The van der Waals surface area contributed by atoms with Gasteiger partial charge < -0.3 is 15.4 Å². The Bertz CT molecular complexity index is 585. The molecule has 0 bridgehead atoms. The molecule has 0 amide bonds. The van der Waals surface area contributed by atoms with Gasteiger partial charge in [-0.2, -0.15) is 0 Å². The van der Waals surface area contributed by atoms with Crippen LogP contribution in [0, 0.1) is 0 Å². The van der Waals surface area contributed by atoms with Crippen molar-refractivity contribution in [2.24, 2.45) is 5.73 Å². The standard InChI is InChI=1S/C15H19N3O/c1-19-13-5-4-11-6-7-17-15(14(11)9-13)18-8-2-3-12(18)10-16/h4-7,9,12H,2-3,8,10,16H2,1H3. The number of nitrogens with two attached hydrogens (primary N) is 1. The number of benzene rings is 1. The number of aromatic nitrogens is 1. The zero-order valence-corrected chi connectivity index (χ0v) is 11.2. The van der Waals surface area contributed by atoms with E-state index in [-0.39, 0.29) is 0 Å². The summed E-state index contributed by atoms with van der Waals surface area (Å²) in [6.07, 6.45) is 4.21. The highest BCUT2D eigenvalue weighted by molar-refractivity contribution is 5.93. The van der Waals surface area contributed by atoms with E-state index in [0.29, 0.717) is 12.6 Å². The van der Waals surface area contributed by atoms with Crippen molar-refractivity contribution in [2.75, 3.05) is 25.1 Å². The first kappa shape index (κ1) is 12.2. The average molecular weight is 257 g/mol. The van der Waals surface area contributed by atoms with Crippen molar-refractivity contribution < 1.29 is 4.74 Å². The maximum absolute atomic E-state index is 5.87. The summed E-state index contributed by atoms with van der Waals surface area (Å²) in [4.78, 5) is 6.91. The smallest absolute Gasteiger partial charge is 0.136 e. The van der Waals surface area contributed by atoms with E-state index in [1.165, 1.54) is 11.8 Å². The summed E-state index contributed by atoms with van der Waals surface area (Å²) in [6, 6.07) is 8.56. The van der Waals surface area contributed by atoms with Crippen molar-refractivity contribution >= 4 is 16.6 Å². The number of fused-ring (bicyclic) bond motifs is 1. The van der Waals surface area contributed by atoms with Crippen LogP contribution in [-0.2, 0) is 0 Å². The van der Waals surface area contributed by atoms with Gasteiger partial charge in [-0.1, -0.05) is 6.07 Å². The number of hydrogen-bond donors (Lipinski definition) is 1. The predicted molar refractivity (Wildman–Crippen MR) is 77.7 cm³/mol. The highest BCUT2D eigenvalue weighted by Crippen LogP contribution is 2.32. The molecule has 1 atom stereocenters. The van der Waals surface area contributed by atoms with E-state index in [0.717, 1.165) is 29.9 Å². The second-order valence-corrected chi connectivity index (χ2v) is 4.95. The number of methoxy groups -OCH3 is 1. The number of hydrogen-bond acceptors (Lipinski definition) is 4. The average Bonchev–Trinajstić information content (AvgIpc) is 2.94. The Kier molecular flexibility index (Phi) is 3.25. The number of anilines is 1. The molecule has 100 valence electrons. The second kappa shape index (κ2) is 5.05. The molecule has 1 aromatic heterocycles. The first-order valence-electron chi connectivity index (χ1n) is 6.73. The molecule has 2 N–H and O–H groups in total. The fourth-order valence-electron chi connectivity index (χ4n) is 2.85. The Morgan fingerprint density at radius 2 is 2.32 bits per heavy atom. The highest BCUT2D eigenvalue weighted by atomic mass is 16.5. The molecule has 3 rings (SSSR count). The van der Waals surface area contributed by atoms with Crippen molar-refractivity contribution in [3.05, 3.63) is 30.5 Å². The van der Waals surface area contributed by atoms with E-state index < -0.39 is 0 Å². The molecule has 2 heterocycles. The molecule has 1 fully saturated rings. The number of nitrogens with zero attached hydrogens (tertiary/aromatic N) is 2. The normalized spacial score (nSPS) is 19.1. The van der Waals surface area contributed by atoms with Crippen LogP contribution >= 0.6 is 0 Å². The first-order valence-corrected chi connectivity index (χ1v) is 6.73. The number of ether oxygens (including phenoxy) is 1. The molecule has 0 saturated carbocycles. The molecule has 1 aliphatic rings. The molecule has 1 aromatic carbocycles. The van der Waals surface area contributed by atoms with Crippen molar-refractivity contribution in [2.45, 2.75) is 18.9 Å². The molecule has 0 radical (unpaired) electrons. The van der Waals surface area contributed by atoms with Crippen LogP contribution in [0.15, 0.2) is 30.5 Å². The van der Waals surface area contributed by atoms with Crippen LogP contribution in [0.3, 0.4) is 0 Å². The third-order valence-corrected chi connectivity index (χ3v) is 3.87. The lowest BCUT2D eigenvalue weighted by molar-refractivity contribution is 0.415. The molecular weight excluding hydrogens is 238 g/mol. The summed E-state index contributed by atoms with van der Waals surface area (Å²) in [5, 5.41) is 2.33. The van der Waals surface area contributed by atoms with Crippen LogP contribution in [0.2, 0.25) is 0 Å². The van der Waals surface area contributed by atoms with Gasteiger partial charge in [0.1, 0.15) is 11.6 Å². The topological polar surface area (TPSA) is 51.4 Å². The minimum Gasteiger partial charge on any atom is -0.497 e. The van der Waals surface area contributed by atoms with E-state index in [2.05, 4.69) is 22.0 Å². The quantitative estimate of drug-likeness (QED) is 0.915. The van der Waals surface area contributed by atoms with Crippen molar-refractivity contribution in [3.63, 3.8) is 0 Å². The summed E-state index contributed by atoms with van der Waals surface area (Å²) < 4.78 is 5.32. The molecule has 0 spiro atoms. The minimum atomic E-state index is 0.407. The fourth-order valence-corrected chi connectivity index (χ4v) is 2.85. The molecule has 4 heteroatoms. The lowest BCUT2D eigenvalue weighted by atomic mass is 10.1. The summed E-state index contributed by atoms with van der Waals surface area (Å²) in [5.74, 6) is 1.90. The van der Waals surface area contributed by atoms with Gasteiger partial charge in [-0.3, -0.25) is 0 Å². The van der Waals surface area contributed by atoms with E-state index in [4.69, 9.17) is 10.5 Å². The van der Waals surface area contributed by atoms with Gasteiger partial charge in [0.2, 0.25) is 0 Å². The Balaban J connectivity index is 2.11. The molecule has 1 unspecified atom stereocenters. The van der Waals surface area contributed by atoms with Crippen LogP contribution in [0.5, 0.6) is 5.75 Å². The Morgan fingerprint density at radius 1 is 1.42 bits per heavy atom. The minimum absolute atomic E-state index is 0.407. The largest absolute Gasteiger partial charge is 0.497 e. The lowest BCUT2D eigenvalue weighted by Gasteiger charge is -2.25. The van der Waals surface area contributed by atoms with Gasteiger partial charge in [0.15, 0.2) is 0 Å². The lowest BCUT2D eigenvalue weighted by Crippen LogP contribution is -2.36. The molecule has 0 aliphatic carbocycles. The summed E-state index contributed by atoms with van der Waals surface area (Å²) in [7, 11) is 1.69. The molecule has 2 aromatic rings. The van der Waals surface area contributed by atoms with Crippen LogP contribution in [0.25, 0.3) is 10.8 Å². The van der Waals surface area contributed by atoms with Gasteiger partial charge in [0.25, 0.3) is 0 Å². The van der Waals surface area contributed by atoms with Gasteiger partial charge in [-0.15, -0.1) is 0 Å².